The molecule has 1 saturated carbocycles. The van der Waals surface area contributed by atoms with Crippen molar-refractivity contribution < 1.29 is 28.2 Å². The van der Waals surface area contributed by atoms with Crippen molar-refractivity contribution in [2.75, 3.05) is 32.8 Å². The molecule has 250 valence electrons. The third kappa shape index (κ3) is 6.09. The Morgan fingerprint density at radius 2 is 1.77 bits per heavy atom. The van der Waals surface area contributed by atoms with Crippen LogP contribution in [0.1, 0.15) is 82.4 Å². The summed E-state index contributed by atoms with van der Waals surface area (Å²) in [7, 11) is 0. The quantitative estimate of drug-likeness (QED) is 0.339. The maximum absolute atomic E-state index is 15.7. The number of piperidine rings is 3. The molecule has 0 N–H and O–H groups in total. The van der Waals surface area contributed by atoms with Gasteiger partial charge in [0, 0.05) is 26.1 Å². The highest BCUT2D eigenvalue weighted by atomic mass is 19.1. The summed E-state index contributed by atoms with van der Waals surface area (Å²) in [6.07, 6.45) is 4.41. The van der Waals surface area contributed by atoms with Gasteiger partial charge in [-0.05, 0) is 112 Å². The Balaban J connectivity index is 1.04. The number of Topliss-reactive ketones (excluding diaryl/α,β-unsaturated/α-hetero) is 1. The van der Waals surface area contributed by atoms with E-state index < -0.39 is 23.2 Å². The Kier molecular flexibility index (Phi) is 8.43. The molecule has 2 aromatic rings. The molecule has 2 bridgehead atoms. The largest absolute Gasteiger partial charge is 0.444 e. The number of halogens is 1. The third-order valence-corrected chi connectivity index (χ3v) is 11.3. The van der Waals surface area contributed by atoms with Crippen molar-refractivity contribution in [1.29, 1.82) is 5.26 Å². The van der Waals surface area contributed by atoms with Crippen molar-refractivity contribution >= 4 is 11.9 Å². The van der Waals surface area contributed by atoms with Crippen LogP contribution in [-0.4, -0.2) is 71.7 Å². The van der Waals surface area contributed by atoms with E-state index in [4.69, 9.17) is 14.2 Å². The van der Waals surface area contributed by atoms with E-state index in [9.17, 15) is 14.9 Å². The number of amides is 1. The minimum Gasteiger partial charge on any atom is -0.444 e. The molecule has 47 heavy (non-hydrogen) atoms. The highest BCUT2D eigenvalue weighted by Crippen LogP contribution is 2.47. The number of ether oxygens (including phenoxy) is 3. The van der Waals surface area contributed by atoms with Crippen LogP contribution in [0.5, 0.6) is 0 Å². The monoisotopic (exact) mass is 643 g/mol. The van der Waals surface area contributed by atoms with E-state index in [1.54, 1.807) is 17.0 Å². The number of hydrogen-bond acceptors (Lipinski definition) is 7. The van der Waals surface area contributed by atoms with Gasteiger partial charge in [0.25, 0.3) is 0 Å². The normalized spacial score (nSPS) is 26.0. The van der Waals surface area contributed by atoms with Gasteiger partial charge >= 0.3 is 6.09 Å². The van der Waals surface area contributed by atoms with Gasteiger partial charge in [0.1, 0.15) is 17.0 Å². The lowest BCUT2D eigenvalue weighted by Gasteiger charge is -2.53. The first-order chi connectivity index (χ1) is 22.5. The summed E-state index contributed by atoms with van der Waals surface area (Å²) in [4.78, 5) is 31.2. The summed E-state index contributed by atoms with van der Waals surface area (Å²) in [6.45, 7) is 10.1. The van der Waals surface area contributed by atoms with Crippen molar-refractivity contribution in [2.24, 2.45) is 11.8 Å². The number of hydrogen-bond donors (Lipinski definition) is 0. The fraction of sp³-hybridized carbons (Fsp3) is 0.605. The number of fused-ring (bicyclic) bond motifs is 5. The molecule has 5 fully saturated rings. The van der Waals surface area contributed by atoms with E-state index in [2.05, 4.69) is 23.1 Å². The van der Waals surface area contributed by atoms with Gasteiger partial charge in [-0.2, -0.15) is 5.26 Å². The molecule has 5 aliphatic heterocycles. The Bertz CT molecular complexity index is 1570. The van der Waals surface area contributed by atoms with E-state index >= 15 is 4.39 Å². The molecule has 0 aromatic heterocycles. The van der Waals surface area contributed by atoms with Crippen molar-refractivity contribution in [2.45, 2.75) is 102 Å². The van der Waals surface area contributed by atoms with E-state index in [-0.39, 0.29) is 30.0 Å². The second-order valence-electron chi connectivity index (χ2n) is 15.4. The number of carbonyl (C=O) groups excluding carboxylic acids is 2. The number of nitriles is 1. The Labute approximate surface area is 277 Å². The number of rotatable bonds is 7. The number of nitrogens with zero attached hydrogens (tertiary/aromatic N) is 3. The van der Waals surface area contributed by atoms with Crippen LogP contribution in [0.4, 0.5) is 9.18 Å². The fourth-order valence-corrected chi connectivity index (χ4v) is 8.47. The molecule has 0 radical (unpaired) electrons. The van der Waals surface area contributed by atoms with E-state index in [0.717, 1.165) is 63.1 Å². The third-order valence-electron chi connectivity index (χ3n) is 11.3. The van der Waals surface area contributed by atoms with Crippen LogP contribution >= 0.6 is 0 Å². The number of likely N-dealkylation sites (tertiary alicyclic amines) is 1. The van der Waals surface area contributed by atoms with Gasteiger partial charge in [0.2, 0.25) is 0 Å². The summed E-state index contributed by atoms with van der Waals surface area (Å²) in [5.41, 5.74) is 2.61. The molecule has 1 atom stereocenters. The summed E-state index contributed by atoms with van der Waals surface area (Å²) in [5.74, 6) is -0.844. The van der Waals surface area contributed by atoms with Crippen LogP contribution in [0.25, 0.3) is 11.1 Å². The highest BCUT2D eigenvalue weighted by molar-refractivity contribution is 5.92. The number of carbonyl (C=O) groups is 2. The van der Waals surface area contributed by atoms with Crippen molar-refractivity contribution in [1.82, 2.24) is 9.80 Å². The van der Waals surface area contributed by atoms with E-state index in [1.165, 1.54) is 11.1 Å². The van der Waals surface area contributed by atoms with E-state index in [1.807, 2.05) is 32.9 Å². The second-order valence-corrected chi connectivity index (χ2v) is 15.4. The van der Waals surface area contributed by atoms with E-state index in [0.29, 0.717) is 43.5 Å². The molecule has 6 aliphatic rings. The molecular weight excluding hydrogens is 597 g/mol. The molecular formula is C38H46FN3O5. The fourth-order valence-electron chi connectivity index (χ4n) is 8.47. The first-order valence-electron chi connectivity index (χ1n) is 17.3. The van der Waals surface area contributed by atoms with Crippen molar-refractivity contribution in [3.8, 4) is 17.2 Å². The average molecular weight is 644 g/mol. The Morgan fingerprint density at radius 1 is 1.06 bits per heavy atom. The van der Waals surface area contributed by atoms with Gasteiger partial charge in [0.15, 0.2) is 5.78 Å². The maximum Gasteiger partial charge on any atom is 0.411 e. The molecule has 8 rings (SSSR count). The molecule has 5 heterocycles. The zero-order valence-corrected chi connectivity index (χ0v) is 27.9. The topological polar surface area (TPSA) is 92.1 Å². The lowest BCUT2D eigenvalue weighted by molar-refractivity contribution is -0.140. The molecule has 9 heteroatoms. The van der Waals surface area contributed by atoms with Crippen LogP contribution < -0.4 is 0 Å². The molecule has 4 saturated heterocycles. The van der Waals surface area contributed by atoms with Crippen LogP contribution in [0.2, 0.25) is 0 Å². The minimum absolute atomic E-state index is 0.0280. The van der Waals surface area contributed by atoms with Gasteiger partial charge in [-0.15, -0.1) is 0 Å². The second kappa shape index (κ2) is 12.3. The summed E-state index contributed by atoms with van der Waals surface area (Å²) in [5, 5.41) is 10.1. The molecule has 2 aromatic carbocycles. The predicted octanol–water partition coefficient (Wildman–Crippen LogP) is 6.53. The summed E-state index contributed by atoms with van der Waals surface area (Å²) in [6, 6.07) is 14.3. The predicted molar refractivity (Wildman–Crippen MR) is 174 cm³/mol. The molecule has 1 spiro atoms. The van der Waals surface area contributed by atoms with Crippen molar-refractivity contribution in [3.63, 3.8) is 0 Å². The lowest BCUT2D eigenvalue weighted by Crippen LogP contribution is -2.65. The molecule has 1 aliphatic carbocycles. The first kappa shape index (κ1) is 32.2. The molecule has 0 unspecified atom stereocenters. The van der Waals surface area contributed by atoms with Crippen LogP contribution in [0, 0.1) is 29.0 Å². The smallest absolute Gasteiger partial charge is 0.411 e. The van der Waals surface area contributed by atoms with Gasteiger partial charge in [-0.1, -0.05) is 24.3 Å². The Morgan fingerprint density at radius 3 is 2.40 bits per heavy atom. The average Bonchev–Trinajstić information content (AvgIpc) is 3.38. The molecule has 8 nitrogen and oxygen atoms in total. The van der Waals surface area contributed by atoms with Gasteiger partial charge in [0.05, 0.1) is 43.5 Å². The zero-order valence-electron chi connectivity index (χ0n) is 27.9. The lowest BCUT2D eigenvalue weighted by atomic mass is 9.67. The minimum atomic E-state index is -0.953. The van der Waals surface area contributed by atoms with Gasteiger partial charge in [-0.25, -0.2) is 9.18 Å². The van der Waals surface area contributed by atoms with Crippen molar-refractivity contribution in [3.05, 3.63) is 58.9 Å². The van der Waals surface area contributed by atoms with Crippen LogP contribution in [-0.2, 0) is 37.6 Å². The highest BCUT2D eigenvalue weighted by Gasteiger charge is 2.54. The number of benzene rings is 2. The first-order valence-corrected chi connectivity index (χ1v) is 17.3. The Hall–Kier alpha value is -3.32. The number of ketones is 1. The zero-order chi connectivity index (χ0) is 33.0. The SMILES string of the molecule is CC(C)(C)OC(=O)N1CC2CCC1(C(=O)C[C@H](C#N)Cc1ccc(-c3ccc4c(c3)C3(CCN(C5COC5)CC3)OC4)cc1F)CC2. The molecule has 1 amide bonds. The van der Waals surface area contributed by atoms with Crippen LogP contribution in [0.15, 0.2) is 36.4 Å². The standard InChI is InChI=1S/C38H46FN3O5/c1-36(2,3)47-35(44)42-21-25-8-10-37(42,11-9-25)34(43)17-26(20-40)16-29-6-4-28(19-33(29)39)27-5-7-30-22-46-38(32(30)18-27)12-14-41(15-13-38)31-23-45-24-31/h4-7,18-19,25-26,31H,8-17,21-24H2,1-3H3/t25?,26-,37?/m1/s1. The van der Waals surface area contributed by atoms with Crippen LogP contribution in [0.3, 0.4) is 0 Å². The van der Waals surface area contributed by atoms with Gasteiger partial charge < -0.3 is 14.2 Å². The van der Waals surface area contributed by atoms with Gasteiger partial charge in [-0.3, -0.25) is 14.6 Å². The summed E-state index contributed by atoms with van der Waals surface area (Å²) < 4.78 is 33.2. The summed E-state index contributed by atoms with van der Waals surface area (Å²) >= 11 is 0. The maximum atomic E-state index is 15.7.